The molecule has 0 atom stereocenters. The van der Waals surface area contributed by atoms with Crippen molar-refractivity contribution in [3.8, 4) is 5.75 Å². The Morgan fingerprint density at radius 2 is 1.74 bits per heavy atom. The van der Waals surface area contributed by atoms with Crippen LogP contribution in [-0.4, -0.2) is 0 Å². The molecule has 0 aliphatic heterocycles. The zero-order chi connectivity index (χ0) is 19.4. The van der Waals surface area contributed by atoms with Gasteiger partial charge >= 0.3 is 0 Å². The van der Waals surface area contributed by atoms with Crippen LogP contribution in [0, 0.1) is 19.7 Å². The Balaban J connectivity index is 1.81. The number of benzene rings is 3. The molecule has 0 fully saturated rings. The van der Waals surface area contributed by atoms with Gasteiger partial charge in [0.15, 0.2) is 0 Å². The van der Waals surface area contributed by atoms with Crippen molar-refractivity contribution >= 4 is 28.9 Å². The van der Waals surface area contributed by atoms with E-state index in [1.54, 1.807) is 30.3 Å². The van der Waals surface area contributed by atoms with Gasteiger partial charge in [-0.1, -0.05) is 59.1 Å². The highest BCUT2D eigenvalue weighted by molar-refractivity contribution is 6.35. The van der Waals surface area contributed by atoms with Crippen LogP contribution in [-0.2, 0) is 13.2 Å². The summed E-state index contributed by atoms with van der Waals surface area (Å²) < 4.78 is 19.7. The zero-order valence-corrected chi connectivity index (χ0v) is 16.7. The molecule has 27 heavy (non-hydrogen) atoms. The monoisotopic (exact) mass is 403 g/mol. The maximum atomic E-state index is 13.9. The number of anilines is 1. The van der Waals surface area contributed by atoms with E-state index in [1.807, 2.05) is 6.07 Å². The third-order valence-corrected chi connectivity index (χ3v) is 4.77. The molecular weight excluding hydrogens is 384 g/mol. The van der Waals surface area contributed by atoms with Gasteiger partial charge in [-0.05, 0) is 43.7 Å². The molecule has 3 aromatic rings. The lowest BCUT2D eigenvalue weighted by atomic mass is 10.1. The first-order valence-electron chi connectivity index (χ1n) is 8.59. The number of aryl methyl sites for hydroxylation is 2. The molecule has 0 bridgehead atoms. The van der Waals surface area contributed by atoms with Crippen molar-refractivity contribution in [3.63, 3.8) is 0 Å². The molecule has 5 heteroatoms. The van der Waals surface area contributed by atoms with E-state index in [4.69, 9.17) is 27.9 Å². The summed E-state index contributed by atoms with van der Waals surface area (Å²) in [5.41, 5.74) is 4.66. The fourth-order valence-corrected chi connectivity index (χ4v) is 3.46. The van der Waals surface area contributed by atoms with Gasteiger partial charge in [0, 0.05) is 28.4 Å². The van der Waals surface area contributed by atoms with Crippen LogP contribution < -0.4 is 10.1 Å². The largest absolute Gasteiger partial charge is 0.487 e. The van der Waals surface area contributed by atoms with Gasteiger partial charge in [0.05, 0.1) is 5.02 Å². The summed E-state index contributed by atoms with van der Waals surface area (Å²) in [6, 6.07) is 16.1. The zero-order valence-electron chi connectivity index (χ0n) is 15.2. The Morgan fingerprint density at radius 3 is 2.48 bits per heavy atom. The van der Waals surface area contributed by atoms with Gasteiger partial charge in [-0.2, -0.15) is 0 Å². The predicted octanol–water partition coefficient (Wildman–Crippen LogP) is 6.94. The van der Waals surface area contributed by atoms with Crippen molar-refractivity contribution in [2.45, 2.75) is 27.0 Å². The predicted molar refractivity (Wildman–Crippen MR) is 110 cm³/mol. The molecule has 0 saturated carbocycles. The third kappa shape index (κ3) is 4.94. The van der Waals surface area contributed by atoms with Gasteiger partial charge < -0.3 is 10.1 Å². The smallest absolute Gasteiger partial charge is 0.143 e. The number of hydrogen-bond acceptors (Lipinski definition) is 2. The lowest BCUT2D eigenvalue weighted by Gasteiger charge is -2.16. The second-order valence-electron chi connectivity index (χ2n) is 6.43. The molecule has 0 aromatic heterocycles. The van der Waals surface area contributed by atoms with E-state index < -0.39 is 0 Å². The van der Waals surface area contributed by atoms with E-state index >= 15 is 0 Å². The summed E-state index contributed by atoms with van der Waals surface area (Å²) in [6.07, 6.45) is 0. The Hall–Kier alpha value is -2.23. The molecule has 0 heterocycles. The SMILES string of the molecule is Cc1ccc(NCc2cc(Cl)cc(Cl)c2OCc2ccccc2F)c(C)c1. The number of ether oxygens (including phenoxy) is 1. The van der Waals surface area contributed by atoms with E-state index in [9.17, 15) is 4.39 Å². The summed E-state index contributed by atoms with van der Waals surface area (Å²) in [7, 11) is 0. The maximum Gasteiger partial charge on any atom is 0.143 e. The van der Waals surface area contributed by atoms with E-state index in [1.165, 1.54) is 11.6 Å². The van der Waals surface area contributed by atoms with E-state index in [0.717, 1.165) is 16.8 Å². The fourth-order valence-electron chi connectivity index (χ4n) is 2.87. The molecule has 0 spiro atoms. The van der Waals surface area contributed by atoms with Crippen LogP contribution in [0.4, 0.5) is 10.1 Å². The van der Waals surface area contributed by atoms with Crippen molar-refractivity contribution in [1.29, 1.82) is 0 Å². The summed E-state index contributed by atoms with van der Waals surface area (Å²) >= 11 is 12.5. The molecule has 0 radical (unpaired) electrons. The quantitative estimate of drug-likeness (QED) is 0.481. The lowest BCUT2D eigenvalue weighted by molar-refractivity contribution is 0.297. The first kappa shape index (κ1) is 19.5. The minimum atomic E-state index is -0.308. The number of nitrogens with one attached hydrogen (secondary N) is 1. The fraction of sp³-hybridized carbons (Fsp3) is 0.182. The second kappa shape index (κ2) is 8.64. The number of hydrogen-bond donors (Lipinski definition) is 1. The molecule has 0 aliphatic rings. The number of rotatable bonds is 6. The Bertz CT molecular complexity index is 959. The van der Waals surface area contributed by atoms with Gasteiger partial charge in [0.25, 0.3) is 0 Å². The van der Waals surface area contributed by atoms with Crippen LogP contribution in [0.2, 0.25) is 10.0 Å². The van der Waals surface area contributed by atoms with Crippen molar-refractivity contribution in [2.75, 3.05) is 5.32 Å². The topological polar surface area (TPSA) is 21.3 Å². The van der Waals surface area contributed by atoms with Crippen LogP contribution in [0.15, 0.2) is 54.6 Å². The Labute approximate surface area is 168 Å². The summed E-state index contributed by atoms with van der Waals surface area (Å²) in [5, 5.41) is 4.31. The summed E-state index contributed by atoms with van der Waals surface area (Å²) in [6.45, 7) is 4.68. The molecule has 140 valence electrons. The summed E-state index contributed by atoms with van der Waals surface area (Å²) in [5.74, 6) is 0.194. The van der Waals surface area contributed by atoms with Gasteiger partial charge in [-0.3, -0.25) is 0 Å². The maximum absolute atomic E-state index is 13.9. The van der Waals surface area contributed by atoms with Crippen molar-refractivity contribution in [3.05, 3.63) is 92.7 Å². The van der Waals surface area contributed by atoms with E-state index in [2.05, 4.69) is 31.3 Å². The average molecular weight is 404 g/mol. The van der Waals surface area contributed by atoms with Crippen LogP contribution >= 0.6 is 23.2 Å². The molecular formula is C22H20Cl2FNO. The van der Waals surface area contributed by atoms with Crippen LogP contribution in [0.25, 0.3) is 0 Å². The molecule has 0 amide bonds. The Morgan fingerprint density at radius 1 is 0.963 bits per heavy atom. The first-order chi connectivity index (χ1) is 12.9. The lowest BCUT2D eigenvalue weighted by Crippen LogP contribution is -2.06. The molecule has 0 aliphatic carbocycles. The van der Waals surface area contributed by atoms with Gasteiger partial charge in [-0.25, -0.2) is 4.39 Å². The second-order valence-corrected chi connectivity index (χ2v) is 7.27. The normalized spacial score (nSPS) is 10.7. The highest BCUT2D eigenvalue weighted by Crippen LogP contribution is 2.34. The highest BCUT2D eigenvalue weighted by atomic mass is 35.5. The molecule has 3 aromatic carbocycles. The van der Waals surface area contributed by atoms with Crippen LogP contribution in [0.5, 0.6) is 5.75 Å². The van der Waals surface area contributed by atoms with Crippen molar-refractivity contribution < 1.29 is 9.13 Å². The first-order valence-corrected chi connectivity index (χ1v) is 9.35. The molecule has 0 unspecified atom stereocenters. The molecule has 2 nitrogen and oxygen atoms in total. The Kier molecular flexibility index (Phi) is 6.25. The van der Waals surface area contributed by atoms with Crippen LogP contribution in [0.3, 0.4) is 0 Å². The van der Waals surface area contributed by atoms with E-state index in [-0.39, 0.29) is 12.4 Å². The molecule has 0 saturated heterocycles. The van der Waals surface area contributed by atoms with Crippen molar-refractivity contribution in [1.82, 2.24) is 0 Å². The minimum Gasteiger partial charge on any atom is -0.487 e. The minimum absolute atomic E-state index is 0.0879. The van der Waals surface area contributed by atoms with Gasteiger partial charge in [0.2, 0.25) is 0 Å². The van der Waals surface area contributed by atoms with Gasteiger partial charge in [-0.15, -0.1) is 0 Å². The van der Waals surface area contributed by atoms with E-state index in [0.29, 0.717) is 27.9 Å². The third-order valence-electron chi connectivity index (χ3n) is 4.27. The highest BCUT2D eigenvalue weighted by Gasteiger charge is 2.13. The molecule has 3 rings (SSSR count). The standard InChI is InChI=1S/C22H20Cl2FNO/c1-14-7-8-21(15(2)9-14)26-12-17-10-18(23)11-19(24)22(17)27-13-16-5-3-4-6-20(16)25/h3-11,26H,12-13H2,1-2H3. The summed E-state index contributed by atoms with van der Waals surface area (Å²) in [4.78, 5) is 0. The molecule has 1 N–H and O–H groups in total. The van der Waals surface area contributed by atoms with Crippen LogP contribution in [0.1, 0.15) is 22.3 Å². The van der Waals surface area contributed by atoms with Crippen molar-refractivity contribution in [2.24, 2.45) is 0 Å². The average Bonchev–Trinajstić information content (AvgIpc) is 2.61. The van der Waals surface area contributed by atoms with Gasteiger partial charge in [0.1, 0.15) is 18.2 Å². The number of halogens is 3.